The van der Waals surface area contributed by atoms with Crippen LogP contribution in [0.2, 0.25) is 0 Å². The molecule has 1 aliphatic heterocycles. The number of guanidine groups is 1. The molecule has 1 N–H and O–H groups in total. The molecule has 0 spiro atoms. The molecule has 1 aromatic carbocycles. The van der Waals surface area contributed by atoms with Crippen molar-refractivity contribution in [2.45, 2.75) is 6.42 Å². The molecule has 6 heteroatoms. The smallest absolute Gasteiger partial charge is 0.253 e. The number of carbonyl (C=O) groups excluding carboxylic acids is 1. The van der Waals surface area contributed by atoms with Crippen LogP contribution >= 0.6 is 24.0 Å². The SMILES string of the molecule is CN(C)C(=O)c1cccc(CCNC2=NCCN2C)c1.I. The molecule has 0 saturated carbocycles. The van der Waals surface area contributed by atoms with E-state index in [1.165, 1.54) is 0 Å². The molecule has 0 atom stereocenters. The fourth-order valence-electron chi connectivity index (χ4n) is 2.16. The summed E-state index contributed by atoms with van der Waals surface area (Å²) in [4.78, 5) is 20.0. The normalized spacial score (nSPS) is 13.5. The summed E-state index contributed by atoms with van der Waals surface area (Å²) in [6.07, 6.45) is 0.876. The highest BCUT2D eigenvalue weighted by Crippen LogP contribution is 2.08. The number of nitrogens with zero attached hydrogens (tertiary/aromatic N) is 3. The quantitative estimate of drug-likeness (QED) is 0.776. The molecule has 0 aliphatic carbocycles. The molecule has 5 nitrogen and oxygen atoms in total. The predicted molar refractivity (Wildman–Crippen MR) is 96.5 cm³/mol. The summed E-state index contributed by atoms with van der Waals surface area (Å²) in [6.45, 7) is 2.67. The lowest BCUT2D eigenvalue weighted by Crippen LogP contribution is -2.36. The summed E-state index contributed by atoms with van der Waals surface area (Å²) in [7, 11) is 5.57. The Morgan fingerprint density at radius 3 is 2.81 bits per heavy atom. The molecule has 0 bridgehead atoms. The summed E-state index contributed by atoms with van der Waals surface area (Å²) in [6, 6.07) is 7.80. The van der Waals surface area contributed by atoms with Crippen molar-refractivity contribution in [2.75, 3.05) is 40.8 Å². The zero-order valence-electron chi connectivity index (χ0n) is 12.8. The molecular weight excluding hydrogens is 379 g/mol. The molecule has 0 fully saturated rings. The molecular formula is C15H23IN4O. The fraction of sp³-hybridized carbons (Fsp3) is 0.467. The third kappa shape index (κ3) is 4.87. The number of benzene rings is 1. The number of amides is 1. The van der Waals surface area contributed by atoms with Crippen molar-refractivity contribution >= 4 is 35.8 Å². The van der Waals surface area contributed by atoms with Gasteiger partial charge in [0.1, 0.15) is 0 Å². The molecule has 1 heterocycles. The van der Waals surface area contributed by atoms with Crippen molar-refractivity contribution in [3.63, 3.8) is 0 Å². The Morgan fingerprint density at radius 2 is 2.19 bits per heavy atom. The Balaban J connectivity index is 0.00000220. The first-order chi connectivity index (χ1) is 9.58. The van der Waals surface area contributed by atoms with E-state index in [9.17, 15) is 4.79 Å². The number of hydrogen-bond donors (Lipinski definition) is 1. The third-order valence-electron chi connectivity index (χ3n) is 3.34. The average Bonchev–Trinajstić information content (AvgIpc) is 2.84. The van der Waals surface area contributed by atoms with Gasteiger partial charge in [0.15, 0.2) is 5.96 Å². The van der Waals surface area contributed by atoms with Crippen molar-refractivity contribution in [1.82, 2.24) is 15.1 Å². The van der Waals surface area contributed by atoms with E-state index in [0.29, 0.717) is 0 Å². The lowest BCUT2D eigenvalue weighted by atomic mass is 10.1. The summed E-state index contributed by atoms with van der Waals surface area (Å²) < 4.78 is 0. The minimum Gasteiger partial charge on any atom is -0.356 e. The van der Waals surface area contributed by atoms with E-state index < -0.39 is 0 Å². The number of likely N-dealkylation sites (N-methyl/N-ethyl adjacent to an activating group) is 1. The molecule has 0 radical (unpaired) electrons. The lowest BCUT2D eigenvalue weighted by Gasteiger charge is -2.15. The number of aliphatic imine (C=N–C) groups is 1. The predicted octanol–water partition coefficient (Wildman–Crippen LogP) is 1.44. The Morgan fingerprint density at radius 1 is 1.43 bits per heavy atom. The van der Waals surface area contributed by atoms with Gasteiger partial charge in [0, 0.05) is 39.8 Å². The van der Waals surface area contributed by atoms with Crippen molar-refractivity contribution in [3.05, 3.63) is 35.4 Å². The second-order valence-corrected chi connectivity index (χ2v) is 5.20. The largest absolute Gasteiger partial charge is 0.356 e. The summed E-state index contributed by atoms with van der Waals surface area (Å²) in [5.41, 5.74) is 1.90. The minimum atomic E-state index is 0. The third-order valence-corrected chi connectivity index (χ3v) is 3.34. The number of nitrogens with one attached hydrogen (secondary N) is 1. The Labute approximate surface area is 143 Å². The van der Waals surface area contributed by atoms with Crippen LogP contribution in [0.25, 0.3) is 0 Å². The zero-order chi connectivity index (χ0) is 14.5. The van der Waals surface area contributed by atoms with Gasteiger partial charge in [-0.3, -0.25) is 9.79 Å². The molecule has 1 aliphatic rings. The molecule has 0 aromatic heterocycles. The zero-order valence-corrected chi connectivity index (χ0v) is 15.1. The Bertz CT molecular complexity index is 516. The summed E-state index contributed by atoms with van der Waals surface area (Å²) in [5.74, 6) is 1.00. The van der Waals surface area contributed by atoms with E-state index in [2.05, 4.69) is 15.2 Å². The van der Waals surface area contributed by atoms with Gasteiger partial charge in [0.05, 0.1) is 6.54 Å². The topological polar surface area (TPSA) is 47.9 Å². The van der Waals surface area contributed by atoms with Crippen LogP contribution in [0.1, 0.15) is 15.9 Å². The highest BCUT2D eigenvalue weighted by molar-refractivity contribution is 14.0. The summed E-state index contributed by atoms with van der Waals surface area (Å²) in [5, 5.41) is 3.33. The first-order valence-electron chi connectivity index (χ1n) is 6.88. The molecule has 116 valence electrons. The second kappa shape index (κ2) is 8.21. The highest BCUT2D eigenvalue weighted by atomic mass is 127. The van der Waals surface area contributed by atoms with E-state index in [0.717, 1.165) is 43.1 Å². The molecule has 21 heavy (non-hydrogen) atoms. The van der Waals surface area contributed by atoms with E-state index in [-0.39, 0.29) is 29.9 Å². The molecule has 2 rings (SSSR count). The molecule has 0 saturated heterocycles. The first-order valence-corrected chi connectivity index (χ1v) is 6.88. The average molecular weight is 402 g/mol. The maximum atomic E-state index is 11.9. The van der Waals surface area contributed by atoms with Crippen molar-refractivity contribution < 1.29 is 4.79 Å². The van der Waals surface area contributed by atoms with Crippen LogP contribution in [0.3, 0.4) is 0 Å². The van der Waals surface area contributed by atoms with E-state index in [1.54, 1.807) is 19.0 Å². The van der Waals surface area contributed by atoms with Gasteiger partial charge in [-0.1, -0.05) is 12.1 Å². The Hall–Kier alpha value is -1.31. The molecule has 0 unspecified atom stereocenters. The standard InChI is InChI=1S/C15H22N4O.HI/c1-18(2)14(20)13-6-4-5-12(11-13)7-8-16-15-17-9-10-19(15)3;/h4-6,11H,7-10H2,1-3H3,(H,16,17);1H. The van der Waals surface area contributed by atoms with Crippen LogP contribution in [-0.4, -0.2) is 62.4 Å². The monoisotopic (exact) mass is 402 g/mol. The van der Waals surface area contributed by atoms with Crippen LogP contribution in [0.5, 0.6) is 0 Å². The molecule has 1 amide bonds. The van der Waals surface area contributed by atoms with Gasteiger partial charge in [0.25, 0.3) is 5.91 Å². The van der Waals surface area contributed by atoms with Gasteiger partial charge in [0.2, 0.25) is 0 Å². The van der Waals surface area contributed by atoms with Crippen LogP contribution in [0, 0.1) is 0 Å². The number of hydrogen-bond acceptors (Lipinski definition) is 4. The number of halogens is 1. The number of carbonyl (C=O) groups is 1. The van der Waals surface area contributed by atoms with E-state index in [1.807, 2.05) is 31.3 Å². The molecule has 1 aromatic rings. The van der Waals surface area contributed by atoms with Crippen LogP contribution < -0.4 is 5.32 Å². The van der Waals surface area contributed by atoms with Gasteiger partial charge < -0.3 is 15.1 Å². The maximum Gasteiger partial charge on any atom is 0.253 e. The maximum absolute atomic E-state index is 11.9. The minimum absolute atomic E-state index is 0. The highest BCUT2D eigenvalue weighted by Gasteiger charge is 2.11. The van der Waals surface area contributed by atoms with E-state index in [4.69, 9.17) is 0 Å². The van der Waals surface area contributed by atoms with Crippen molar-refractivity contribution in [1.29, 1.82) is 0 Å². The van der Waals surface area contributed by atoms with Gasteiger partial charge in [-0.2, -0.15) is 0 Å². The van der Waals surface area contributed by atoms with Crippen molar-refractivity contribution in [3.8, 4) is 0 Å². The van der Waals surface area contributed by atoms with Gasteiger partial charge in [-0.15, -0.1) is 24.0 Å². The van der Waals surface area contributed by atoms with Gasteiger partial charge in [-0.05, 0) is 24.1 Å². The lowest BCUT2D eigenvalue weighted by molar-refractivity contribution is 0.0827. The van der Waals surface area contributed by atoms with Gasteiger partial charge >= 0.3 is 0 Å². The van der Waals surface area contributed by atoms with Gasteiger partial charge in [-0.25, -0.2) is 0 Å². The fourth-order valence-corrected chi connectivity index (χ4v) is 2.16. The van der Waals surface area contributed by atoms with Crippen LogP contribution in [-0.2, 0) is 6.42 Å². The van der Waals surface area contributed by atoms with Crippen molar-refractivity contribution in [2.24, 2.45) is 4.99 Å². The van der Waals surface area contributed by atoms with Crippen LogP contribution in [0.15, 0.2) is 29.3 Å². The Kier molecular flexibility index (Phi) is 6.94. The second-order valence-electron chi connectivity index (χ2n) is 5.20. The van der Waals surface area contributed by atoms with E-state index >= 15 is 0 Å². The number of rotatable bonds is 4. The first kappa shape index (κ1) is 17.7. The summed E-state index contributed by atoms with van der Waals surface area (Å²) >= 11 is 0. The van der Waals surface area contributed by atoms with Crippen LogP contribution in [0.4, 0.5) is 0 Å².